The fraction of sp³-hybridized carbons (Fsp3) is 0.400. The van der Waals surface area contributed by atoms with Crippen LogP contribution in [-0.2, 0) is 0 Å². The Bertz CT molecular complexity index is 396. The highest BCUT2D eigenvalue weighted by Gasteiger charge is 2.26. The minimum absolute atomic E-state index is 0.0910. The lowest BCUT2D eigenvalue weighted by atomic mass is 10.2. The van der Waals surface area contributed by atoms with Gasteiger partial charge in [-0.25, -0.2) is 9.78 Å². The molecule has 0 saturated carbocycles. The van der Waals surface area contributed by atoms with Crippen molar-refractivity contribution in [1.29, 1.82) is 0 Å². The fourth-order valence-electron chi connectivity index (χ4n) is 1.78. The molecule has 0 bridgehead atoms. The van der Waals surface area contributed by atoms with Gasteiger partial charge in [0.25, 0.3) is 0 Å². The van der Waals surface area contributed by atoms with Crippen LogP contribution in [0.5, 0.6) is 0 Å². The number of carbonyl (C=O) groups is 1. The van der Waals surface area contributed by atoms with E-state index in [1.54, 1.807) is 18.3 Å². The molecule has 0 aromatic carbocycles. The highest BCUT2D eigenvalue weighted by atomic mass is 16.4. The first kappa shape index (κ1) is 10.5. The Morgan fingerprint density at radius 2 is 2.50 bits per heavy atom. The molecular weight excluding hydrogens is 208 g/mol. The van der Waals surface area contributed by atoms with Crippen LogP contribution < -0.4 is 11.1 Å². The highest BCUT2D eigenvalue weighted by Crippen LogP contribution is 2.18. The third kappa shape index (κ3) is 2.16. The molecular formula is C10H14N4O2. The average Bonchev–Trinajstić information content (AvgIpc) is 2.70. The van der Waals surface area contributed by atoms with Gasteiger partial charge in [-0.05, 0) is 18.6 Å². The summed E-state index contributed by atoms with van der Waals surface area (Å²) in [5.41, 5.74) is 6.32. The van der Waals surface area contributed by atoms with E-state index >= 15 is 0 Å². The summed E-state index contributed by atoms with van der Waals surface area (Å²) in [5, 5.41) is 12.0. The van der Waals surface area contributed by atoms with Gasteiger partial charge in [0, 0.05) is 25.3 Å². The van der Waals surface area contributed by atoms with Gasteiger partial charge in [-0.2, -0.15) is 0 Å². The lowest BCUT2D eigenvalue weighted by molar-refractivity contribution is 0.155. The lowest BCUT2D eigenvalue weighted by Crippen LogP contribution is -2.30. The van der Waals surface area contributed by atoms with E-state index < -0.39 is 6.09 Å². The van der Waals surface area contributed by atoms with Crippen LogP contribution in [-0.4, -0.2) is 40.2 Å². The standard InChI is InChI=1S/C10H14N4O2/c11-8-2-1-4-12-9(8)13-7-3-5-14(6-7)10(15)16/h1-2,4,7H,3,5-6,11H2,(H,12,13)(H,15,16). The number of pyridine rings is 1. The van der Waals surface area contributed by atoms with Crippen molar-refractivity contribution >= 4 is 17.6 Å². The average molecular weight is 222 g/mol. The molecule has 1 atom stereocenters. The van der Waals surface area contributed by atoms with Crippen LogP contribution in [0.2, 0.25) is 0 Å². The zero-order valence-electron chi connectivity index (χ0n) is 8.76. The summed E-state index contributed by atoms with van der Waals surface area (Å²) < 4.78 is 0. The Morgan fingerprint density at radius 3 is 3.12 bits per heavy atom. The summed E-state index contributed by atoms with van der Waals surface area (Å²) in [4.78, 5) is 16.2. The van der Waals surface area contributed by atoms with Crippen LogP contribution in [0.3, 0.4) is 0 Å². The first-order valence-corrected chi connectivity index (χ1v) is 5.11. The summed E-state index contributed by atoms with van der Waals surface area (Å²) in [6.45, 7) is 1.03. The summed E-state index contributed by atoms with van der Waals surface area (Å²) in [7, 11) is 0. The first-order valence-electron chi connectivity index (χ1n) is 5.11. The largest absolute Gasteiger partial charge is 0.465 e. The number of aromatic nitrogens is 1. The van der Waals surface area contributed by atoms with Crippen molar-refractivity contribution in [1.82, 2.24) is 9.88 Å². The lowest BCUT2D eigenvalue weighted by Gasteiger charge is -2.15. The summed E-state index contributed by atoms with van der Waals surface area (Å²) >= 11 is 0. The molecule has 6 heteroatoms. The molecule has 1 amide bonds. The maximum atomic E-state index is 10.7. The fourth-order valence-corrected chi connectivity index (χ4v) is 1.78. The second-order valence-electron chi connectivity index (χ2n) is 3.80. The Morgan fingerprint density at radius 1 is 1.69 bits per heavy atom. The molecule has 1 unspecified atom stereocenters. The second-order valence-corrected chi connectivity index (χ2v) is 3.80. The van der Waals surface area contributed by atoms with Gasteiger partial charge in [0.1, 0.15) is 5.82 Å². The van der Waals surface area contributed by atoms with Crippen molar-refractivity contribution < 1.29 is 9.90 Å². The first-order chi connectivity index (χ1) is 7.66. The zero-order chi connectivity index (χ0) is 11.5. The number of hydrogen-bond acceptors (Lipinski definition) is 4. The van der Waals surface area contributed by atoms with Gasteiger partial charge in [0.05, 0.1) is 5.69 Å². The maximum absolute atomic E-state index is 10.7. The SMILES string of the molecule is Nc1cccnc1NC1CCN(C(=O)O)C1. The van der Waals surface area contributed by atoms with Crippen LogP contribution in [0.25, 0.3) is 0 Å². The molecule has 1 aliphatic heterocycles. The number of amides is 1. The van der Waals surface area contributed by atoms with Gasteiger partial charge >= 0.3 is 6.09 Å². The van der Waals surface area contributed by atoms with Crippen molar-refractivity contribution in [2.45, 2.75) is 12.5 Å². The van der Waals surface area contributed by atoms with Gasteiger partial charge in [-0.3, -0.25) is 0 Å². The zero-order valence-corrected chi connectivity index (χ0v) is 8.76. The predicted octanol–water partition coefficient (Wildman–Crippen LogP) is 0.828. The van der Waals surface area contributed by atoms with Gasteiger partial charge in [-0.15, -0.1) is 0 Å². The van der Waals surface area contributed by atoms with E-state index in [1.165, 1.54) is 4.90 Å². The van der Waals surface area contributed by atoms with Crippen LogP contribution >= 0.6 is 0 Å². The summed E-state index contributed by atoms with van der Waals surface area (Å²) in [6.07, 6.45) is 1.56. The number of nitrogens with zero attached hydrogens (tertiary/aromatic N) is 2. The molecule has 1 aliphatic rings. The molecule has 1 aromatic heterocycles. The van der Waals surface area contributed by atoms with E-state index in [-0.39, 0.29) is 6.04 Å². The molecule has 2 rings (SSSR count). The van der Waals surface area contributed by atoms with Gasteiger partial charge in [-0.1, -0.05) is 0 Å². The predicted molar refractivity (Wildman–Crippen MR) is 60.3 cm³/mol. The van der Waals surface area contributed by atoms with E-state index in [0.29, 0.717) is 24.6 Å². The Labute approximate surface area is 93.1 Å². The molecule has 86 valence electrons. The normalized spacial score (nSPS) is 19.8. The third-order valence-electron chi connectivity index (χ3n) is 2.64. The smallest absolute Gasteiger partial charge is 0.407 e. The van der Waals surface area contributed by atoms with E-state index in [0.717, 1.165) is 6.42 Å². The minimum atomic E-state index is -0.877. The highest BCUT2D eigenvalue weighted by molar-refractivity contribution is 5.66. The molecule has 1 fully saturated rings. The van der Waals surface area contributed by atoms with Gasteiger partial charge in [0.15, 0.2) is 0 Å². The number of likely N-dealkylation sites (tertiary alicyclic amines) is 1. The maximum Gasteiger partial charge on any atom is 0.407 e. The number of nitrogens with one attached hydrogen (secondary N) is 1. The molecule has 1 aromatic rings. The molecule has 2 heterocycles. The monoisotopic (exact) mass is 222 g/mol. The Kier molecular flexibility index (Phi) is 2.80. The van der Waals surface area contributed by atoms with Crippen molar-refractivity contribution in [2.24, 2.45) is 0 Å². The summed E-state index contributed by atoms with van der Waals surface area (Å²) in [6, 6.07) is 3.62. The van der Waals surface area contributed by atoms with Gasteiger partial charge in [0.2, 0.25) is 0 Å². The number of carboxylic acid groups (broad SMARTS) is 1. The number of nitrogen functional groups attached to an aromatic ring is 1. The van der Waals surface area contributed by atoms with Crippen LogP contribution in [0.1, 0.15) is 6.42 Å². The van der Waals surface area contributed by atoms with Crippen molar-refractivity contribution in [2.75, 3.05) is 24.1 Å². The van der Waals surface area contributed by atoms with E-state index in [4.69, 9.17) is 10.8 Å². The number of nitrogens with two attached hydrogens (primary N) is 1. The van der Waals surface area contributed by atoms with E-state index in [1.807, 2.05) is 0 Å². The topological polar surface area (TPSA) is 91.5 Å². The molecule has 4 N–H and O–H groups in total. The molecule has 1 saturated heterocycles. The number of rotatable bonds is 2. The molecule has 0 spiro atoms. The van der Waals surface area contributed by atoms with Crippen molar-refractivity contribution in [3.63, 3.8) is 0 Å². The van der Waals surface area contributed by atoms with Crippen molar-refractivity contribution in [3.05, 3.63) is 18.3 Å². The van der Waals surface area contributed by atoms with Gasteiger partial charge < -0.3 is 21.1 Å². The second kappa shape index (κ2) is 4.26. The molecule has 0 radical (unpaired) electrons. The summed E-state index contributed by atoms with van der Waals surface area (Å²) in [5.74, 6) is 0.625. The van der Waals surface area contributed by atoms with Crippen molar-refractivity contribution in [3.8, 4) is 0 Å². The Balaban J connectivity index is 1.97. The Hall–Kier alpha value is -1.98. The molecule has 6 nitrogen and oxygen atoms in total. The minimum Gasteiger partial charge on any atom is -0.465 e. The quantitative estimate of drug-likeness (QED) is 0.689. The third-order valence-corrected chi connectivity index (χ3v) is 2.64. The number of hydrogen-bond donors (Lipinski definition) is 3. The molecule has 16 heavy (non-hydrogen) atoms. The molecule has 0 aliphatic carbocycles. The van der Waals surface area contributed by atoms with Crippen LogP contribution in [0.15, 0.2) is 18.3 Å². The number of anilines is 2. The van der Waals surface area contributed by atoms with Crippen LogP contribution in [0, 0.1) is 0 Å². The van der Waals surface area contributed by atoms with E-state index in [2.05, 4.69) is 10.3 Å². The van der Waals surface area contributed by atoms with E-state index in [9.17, 15) is 4.79 Å². The van der Waals surface area contributed by atoms with Crippen LogP contribution in [0.4, 0.5) is 16.3 Å².